The summed E-state index contributed by atoms with van der Waals surface area (Å²) in [7, 11) is 0. The van der Waals surface area contributed by atoms with E-state index in [0.29, 0.717) is 13.2 Å². The Labute approximate surface area is 119 Å². The van der Waals surface area contributed by atoms with Crippen molar-refractivity contribution in [2.45, 2.75) is 19.4 Å². The van der Waals surface area contributed by atoms with Crippen molar-refractivity contribution in [3.05, 3.63) is 35.9 Å². The van der Waals surface area contributed by atoms with Gasteiger partial charge in [-0.3, -0.25) is 9.69 Å². The van der Waals surface area contributed by atoms with Gasteiger partial charge >= 0.3 is 5.97 Å². The number of carbonyl (C=O) groups is 1. The van der Waals surface area contributed by atoms with Crippen LogP contribution in [0.4, 0.5) is 0 Å². The van der Waals surface area contributed by atoms with Crippen LogP contribution in [0.3, 0.4) is 0 Å². The Morgan fingerprint density at radius 1 is 1.40 bits per heavy atom. The third kappa shape index (κ3) is 2.58. The molecule has 1 N–H and O–H groups in total. The molecule has 1 aromatic carbocycles. The van der Waals surface area contributed by atoms with Crippen molar-refractivity contribution in [2.24, 2.45) is 11.3 Å². The minimum Gasteiger partial charge on any atom is -0.481 e. The van der Waals surface area contributed by atoms with Crippen molar-refractivity contribution in [3.8, 4) is 0 Å². The van der Waals surface area contributed by atoms with Crippen LogP contribution in [0.5, 0.6) is 0 Å². The number of carboxylic acids is 1. The van der Waals surface area contributed by atoms with Gasteiger partial charge in [0.1, 0.15) is 0 Å². The van der Waals surface area contributed by atoms with Crippen LogP contribution in [-0.4, -0.2) is 42.3 Å². The molecule has 4 heteroatoms. The number of aliphatic carboxylic acids is 1. The van der Waals surface area contributed by atoms with E-state index in [2.05, 4.69) is 17.0 Å². The number of ether oxygens (including phenoxy) is 1. The molecular weight excluding hydrogens is 254 g/mol. The van der Waals surface area contributed by atoms with E-state index >= 15 is 0 Å². The number of carboxylic acid groups (broad SMARTS) is 1. The van der Waals surface area contributed by atoms with E-state index in [9.17, 15) is 9.90 Å². The molecule has 2 atom stereocenters. The minimum atomic E-state index is -0.675. The van der Waals surface area contributed by atoms with Crippen molar-refractivity contribution in [3.63, 3.8) is 0 Å². The molecule has 0 aromatic heterocycles. The second-order valence-electron chi connectivity index (χ2n) is 6.06. The first-order chi connectivity index (χ1) is 9.70. The summed E-state index contributed by atoms with van der Waals surface area (Å²) < 4.78 is 5.60. The lowest BCUT2D eigenvalue weighted by Gasteiger charge is -2.36. The third-order valence-electron chi connectivity index (χ3n) is 4.62. The number of likely N-dealkylation sites (tertiary alicyclic amines) is 1. The van der Waals surface area contributed by atoms with E-state index in [0.717, 1.165) is 32.5 Å². The number of hydrogen-bond donors (Lipinski definition) is 1. The van der Waals surface area contributed by atoms with Crippen LogP contribution in [-0.2, 0) is 16.1 Å². The predicted molar refractivity (Wildman–Crippen MR) is 75.3 cm³/mol. The van der Waals surface area contributed by atoms with E-state index in [4.69, 9.17) is 4.74 Å². The van der Waals surface area contributed by atoms with E-state index in [1.807, 2.05) is 18.2 Å². The summed E-state index contributed by atoms with van der Waals surface area (Å²) in [6, 6.07) is 10.2. The second-order valence-corrected chi connectivity index (χ2v) is 6.06. The van der Waals surface area contributed by atoms with Crippen molar-refractivity contribution >= 4 is 5.97 Å². The largest absolute Gasteiger partial charge is 0.481 e. The zero-order valence-electron chi connectivity index (χ0n) is 11.6. The minimum absolute atomic E-state index is 0.182. The Hall–Kier alpha value is -1.39. The number of rotatable bonds is 3. The zero-order chi connectivity index (χ0) is 14.0. The van der Waals surface area contributed by atoms with Gasteiger partial charge in [0, 0.05) is 31.7 Å². The molecule has 2 aliphatic rings. The van der Waals surface area contributed by atoms with E-state index in [1.165, 1.54) is 5.56 Å². The van der Waals surface area contributed by atoms with Crippen molar-refractivity contribution < 1.29 is 14.6 Å². The lowest BCUT2D eigenvalue weighted by molar-refractivity contribution is -0.148. The first-order valence-electron chi connectivity index (χ1n) is 7.26. The SMILES string of the molecule is O=C(O)[C@@H]1CN(Cc2ccccc2)C[C@]12CCCOC2. The number of nitrogens with zero attached hydrogens (tertiary/aromatic N) is 1. The first-order valence-corrected chi connectivity index (χ1v) is 7.26. The predicted octanol–water partition coefficient (Wildman–Crippen LogP) is 2.00. The van der Waals surface area contributed by atoms with Gasteiger partial charge in [0.05, 0.1) is 12.5 Å². The molecule has 0 bridgehead atoms. The summed E-state index contributed by atoms with van der Waals surface area (Å²) in [6.45, 7) is 3.65. The monoisotopic (exact) mass is 275 g/mol. The van der Waals surface area contributed by atoms with Gasteiger partial charge in [0.2, 0.25) is 0 Å². The highest BCUT2D eigenvalue weighted by atomic mass is 16.5. The fourth-order valence-electron chi connectivity index (χ4n) is 3.65. The van der Waals surface area contributed by atoms with Crippen LogP contribution < -0.4 is 0 Å². The molecule has 0 amide bonds. The van der Waals surface area contributed by atoms with Crippen LogP contribution in [0.2, 0.25) is 0 Å². The summed E-state index contributed by atoms with van der Waals surface area (Å²) in [6.07, 6.45) is 1.94. The Balaban J connectivity index is 1.74. The molecule has 1 aromatic rings. The molecular formula is C16H21NO3. The fraction of sp³-hybridized carbons (Fsp3) is 0.562. The Bertz CT molecular complexity index is 468. The third-order valence-corrected chi connectivity index (χ3v) is 4.62. The van der Waals surface area contributed by atoms with Crippen molar-refractivity contribution in [1.29, 1.82) is 0 Å². The van der Waals surface area contributed by atoms with Gasteiger partial charge in [0.25, 0.3) is 0 Å². The van der Waals surface area contributed by atoms with Gasteiger partial charge in [0.15, 0.2) is 0 Å². The summed E-state index contributed by atoms with van der Waals surface area (Å²) >= 11 is 0. The van der Waals surface area contributed by atoms with E-state index < -0.39 is 5.97 Å². The molecule has 2 aliphatic heterocycles. The van der Waals surface area contributed by atoms with Crippen LogP contribution in [0.1, 0.15) is 18.4 Å². The molecule has 1 spiro atoms. The normalized spacial score (nSPS) is 30.7. The highest BCUT2D eigenvalue weighted by Gasteiger charge is 2.50. The maximum Gasteiger partial charge on any atom is 0.308 e. The summed E-state index contributed by atoms with van der Waals surface area (Å²) in [5, 5.41) is 9.53. The summed E-state index contributed by atoms with van der Waals surface area (Å²) in [5.41, 5.74) is 1.06. The summed E-state index contributed by atoms with van der Waals surface area (Å²) in [5.74, 6) is -0.974. The Kier molecular flexibility index (Phi) is 3.76. The van der Waals surface area contributed by atoms with Gasteiger partial charge in [-0.1, -0.05) is 30.3 Å². The highest BCUT2D eigenvalue weighted by molar-refractivity contribution is 5.72. The van der Waals surface area contributed by atoms with E-state index in [-0.39, 0.29) is 11.3 Å². The molecule has 2 saturated heterocycles. The topological polar surface area (TPSA) is 49.8 Å². The fourth-order valence-corrected chi connectivity index (χ4v) is 3.65. The summed E-state index contributed by atoms with van der Waals surface area (Å²) in [4.78, 5) is 13.9. The Morgan fingerprint density at radius 2 is 2.20 bits per heavy atom. The molecule has 108 valence electrons. The molecule has 4 nitrogen and oxygen atoms in total. The van der Waals surface area contributed by atoms with Crippen molar-refractivity contribution in [1.82, 2.24) is 4.90 Å². The van der Waals surface area contributed by atoms with Crippen LogP contribution in [0, 0.1) is 11.3 Å². The average Bonchev–Trinajstić information content (AvgIpc) is 2.79. The van der Waals surface area contributed by atoms with Crippen LogP contribution in [0.25, 0.3) is 0 Å². The smallest absolute Gasteiger partial charge is 0.308 e. The van der Waals surface area contributed by atoms with Crippen molar-refractivity contribution in [2.75, 3.05) is 26.3 Å². The molecule has 0 saturated carbocycles. The molecule has 20 heavy (non-hydrogen) atoms. The molecule has 0 unspecified atom stereocenters. The second kappa shape index (κ2) is 5.54. The lowest BCUT2D eigenvalue weighted by Crippen LogP contribution is -2.42. The molecule has 3 rings (SSSR count). The zero-order valence-corrected chi connectivity index (χ0v) is 11.6. The molecule has 2 fully saturated rings. The quantitative estimate of drug-likeness (QED) is 0.916. The van der Waals surface area contributed by atoms with Gasteiger partial charge in [-0.05, 0) is 18.4 Å². The standard InChI is InChI=1S/C16H21NO3/c18-15(19)14-10-17(9-13-5-2-1-3-6-13)11-16(14)7-4-8-20-12-16/h1-3,5-6,14H,4,7-12H2,(H,18,19)/t14-,16-/m0/s1. The van der Waals surface area contributed by atoms with Crippen LogP contribution >= 0.6 is 0 Å². The molecule has 0 aliphatic carbocycles. The number of hydrogen-bond acceptors (Lipinski definition) is 3. The Morgan fingerprint density at radius 3 is 2.85 bits per heavy atom. The van der Waals surface area contributed by atoms with Crippen LogP contribution in [0.15, 0.2) is 30.3 Å². The lowest BCUT2D eigenvalue weighted by atomic mass is 9.74. The molecule has 2 heterocycles. The maximum absolute atomic E-state index is 11.6. The molecule has 0 radical (unpaired) electrons. The van der Waals surface area contributed by atoms with Gasteiger partial charge < -0.3 is 9.84 Å². The maximum atomic E-state index is 11.6. The number of benzene rings is 1. The first kappa shape index (κ1) is 13.6. The van der Waals surface area contributed by atoms with E-state index in [1.54, 1.807) is 0 Å². The average molecular weight is 275 g/mol. The van der Waals surface area contributed by atoms with Gasteiger partial charge in [-0.25, -0.2) is 0 Å². The van der Waals surface area contributed by atoms with Gasteiger partial charge in [-0.2, -0.15) is 0 Å². The highest BCUT2D eigenvalue weighted by Crippen LogP contribution is 2.43. The van der Waals surface area contributed by atoms with Gasteiger partial charge in [-0.15, -0.1) is 0 Å².